The molecule has 3 N–H and O–H groups in total. The molecule has 0 aliphatic carbocycles. The van der Waals surface area contributed by atoms with E-state index in [1.54, 1.807) is 23.1 Å². The van der Waals surface area contributed by atoms with E-state index < -0.39 is 22.0 Å². The minimum absolute atomic E-state index is 0.0259. The second-order valence-electron chi connectivity index (χ2n) is 7.34. The average Bonchev–Trinajstić information content (AvgIpc) is 3.27. The van der Waals surface area contributed by atoms with Crippen LogP contribution in [0.15, 0.2) is 53.4 Å². The number of amides is 3. The Morgan fingerprint density at radius 3 is 2.45 bits per heavy atom. The first-order chi connectivity index (χ1) is 14.7. The highest BCUT2D eigenvalue weighted by molar-refractivity contribution is 7.89. The molecule has 1 fully saturated rings. The molecular formula is C21H25ClN4O4S. The zero-order chi connectivity index (χ0) is 22.4. The number of urea groups is 1. The normalized spacial score (nSPS) is 14.8. The minimum atomic E-state index is -3.85. The van der Waals surface area contributed by atoms with Gasteiger partial charge in [0.2, 0.25) is 15.9 Å². The summed E-state index contributed by atoms with van der Waals surface area (Å²) in [5, 5.41) is 5.99. The van der Waals surface area contributed by atoms with Crippen LogP contribution in [0.3, 0.4) is 0 Å². The number of benzene rings is 2. The van der Waals surface area contributed by atoms with Crippen LogP contribution in [0.1, 0.15) is 25.3 Å². The number of likely N-dealkylation sites (tertiary alicyclic amines) is 1. The third-order valence-electron chi connectivity index (χ3n) is 4.89. The monoisotopic (exact) mass is 464 g/mol. The molecule has 2 aromatic rings. The van der Waals surface area contributed by atoms with E-state index in [9.17, 15) is 18.0 Å². The lowest BCUT2D eigenvalue weighted by Crippen LogP contribution is -2.44. The molecule has 0 aromatic heterocycles. The van der Waals surface area contributed by atoms with Crippen molar-refractivity contribution >= 4 is 39.2 Å². The molecule has 0 saturated carbocycles. The molecule has 0 radical (unpaired) electrons. The summed E-state index contributed by atoms with van der Waals surface area (Å²) in [5.74, 6) is -0.468. The van der Waals surface area contributed by atoms with Crippen LogP contribution in [0.4, 0.5) is 10.5 Å². The molecule has 0 unspecified atom stereocenters. The number of hydrogen-bond acceptors (Lipinski definition) is 4. The molecule has 1 aliphatic heterocycles. The molecule has 1 atom stereocenters. The number of sulfonamides is 1. The van der Waals surface area contributed by atoms with Crippen molar-refractivity contribution in [2.75, 3.05) is 18.4 Å². The fourth-order valence-corrected chi connectivity index (χ4v) is 4.52. The highest BCUT2D eigenvalue weighted by Gasteiger charge is 2.22. The smallest absolute Gasteiger partial charge is 0.321 e. The molecule has 3 amide bonds. The first kappa shape index (κ1) is 23.1. The van der Waals surface area contributed by atoms with Crippen LogP contribution < -0.4 is 15.4 Å². The fraction of sp³-hybridized carbons (Fsp3) is 0.333. The summed E-state index contributed by atoms with van der Waals surface area (Å²) in [6.07, 6.45) is 2.03. The quantitative estimate of drug-likeness (QED) is 0.585. The molecule has 3 rings (SSSR count). The van der Waals surface area contributed by atoms with Gasteiger partial charge in [0, 0.05) is 30.3 Å². The van der Waals surface area contributed by atoms with Crippen molar-refractivity contribution in [3.63, 3.8) is 0 Å². The van der Waals surface area contributed by atoms with E-state index in [4.69, 9.17) is 11.6 Å². The van der Waals surface area contributed by atoms with Gasteiger partial charge < -0.3 is 15.5 Å². The maximum absolute atomic E-state index is 12.4. The zero-order valence-corrected chi connectivity index (χ0v) is 18.7. The van der Waals surface area contributed by atoms with Gasteiger partial charge in [-0.15, -0.1) is 0 Å². The highest BCUT2D eigenvalue weighted by Crippen LogP contribution is 2.15. The van der Waals surface area contributed by atoms with Gasteiger partial charge in [0.25, 0.3) is 0 Å². The summed E-state index contributed by atoms with van der Waals surface area (Å²) in [5.41, 5.74) is 1.42. The summed E-state index contributed by atoms with van der Waals surface area (Å²) >= 11 is 5.78. The van der Waals surface area contributed by atoms with Gasteiger partial charge in [-0.3, -0.25) is 4.79 Å². The predicted octanol–water partition coefficient (Wildman–Crippen LogP) is 2.95. The van der Waals surface area contributed by atoms with Crippen molar-refractivity contribution in [2.24, 2.45) is 0 Å². The molecule has 0 bridgehead atoms. The number of halogens is 1. The Kier molecular flexibility index (Phi) is 7.53. The van der Waals surface area contributed by atoms with Crippen LogP contribution in [0.25, 0.3) is 0 Å². The molecule has 31 heavy (non-hydrogen) atoms. The maximum Gasteiger partial charge on any atom is 0.321 e. The van der Waals surface area contributed by atoms with E-state index in [1.807, 2.05) is 6.07 Å². The van der Waals surface area contributed by atoms with Gasteiger partial charge in [-0.05, 0) is 61.7 Å². The highest BCUT2D eigenvalue weighted by atomic mass is 35.5. The van der Waals surface area contributed by atoms with Crippen molar-refractivity contribution < 1.29 is 18.0 Å². The Morgan fingerprint density at radius 2 is 1.77 bits per heavy atom. The van der Waals surface area contributed by atoms with Gasteiger partial charge in [-0.25, -0.2) is 13.2 Å². The Morgan fingerprint density at radius 1 is 1.10 bits per heavy atom. The SMILES string of the molecule is C[C@H](NS(=O)(=O)c1ccc(Cl)cc1)C(=O)NCc1cccc(NC(=O)N2CCCC2)c1. The van der Waals surface area contributed by atoms with Gasteiger partial charge in [0.15, 0.2) is 0 Å². The standard InChI is InChI=1S/C21H25ClN4O4S/c1-15(25-31(29,30)19-9-7-17(22)8-10-19)20(27)23-14-16-5-4-6-18(13-16)24-21(28)26-11-2-3-12-26/h4-10,13,15,25H,2-3,11-12,14H2,1H3,(H,23,27)(H,24,28)/t15-/m0/s1. The lowest BCUT2D eigenvalue weighted by Gasteiger charge is -2.17. The van der Waals surface area contributed by atoms with Crippen molar-refractivity contribution in [3.05, 3.63) is 59.1 Å². The van der Waals surface area contributed by atoms with Crippen molar-refractivity contribution in [1.29, 1.82) is 0 Å². The predicted molar refractivity (Wildman–Crippen MR) is 119 cm³/mol. The van der Waals surface area contributed by atoms with Gasteiger partial charge in [0.05, 0.1) is 10.9 Å². The van der Waals surface area contributed by atoms with Crippen LogP contribution in [0.5, 0.6) is 0 Å². The van der Waals surface area contributed by atoms with Gasteiger partial charge in [0.1, 0.15) is 0 Å². The average molecular weight is 465 g/mol. The van der Waals surface area contributed by atoms with Gasteiger partial charge in [-0.1, -0.05) is 23.7 Å². The second-order valence-corrected chi connectivity index (χ2v) is 9.49. The number of rotatable bonds is 7. The number of nitrogens with zero attached hydrogens (tertiary/aromatic N) is 1. The zero-order valence-electron chi connectivity index (χ0n) is 17.1. The van der Waals surface area contributed by atoms with Crippen LogP contribution in [-0.4, -0.2) is 44.4 Å². The number of anilines is 1. The lowest BCUT2D eigenvalue weighted by molar-refractivity contribution is -0.122. The van der Waals surface area contributed by atoms with Crippen LogP contribution in [0.2, 0.25) is 5.02 Å². The third-order valence-corrected chi connectivity index (χ3v) is 6.70. The van der Waals surface area contributed by atoms with E-state index in [-0.39, 0.29) is 17.5 Å². The number of carbonyl (C=O) groups is 2. The molecule has 10 heteroatoms. The first-order valence-electron chi connectivity index (χ1n) is 9.95. The summed E-state index contributed by atoms with van der Waals surface area (Å²) in [7, 11) is -3.85. The molecular weight excluding hydrogens is 440 g/mol. The van der Waals surface area contributed by atoms with E-state index in [2.05, 4.69) is 15.4 Å². The van der Waals surface area contributed by atoms with Crippen molar-refractivity contribution in [3.8, 4) is 0 Å². The molecule has 2 aromatic carbocycles. The molecule has 1 saturated heterocycles. The van der Waals surface area contributed by atoms with E-state index in [0.717, 1.165) is 31.5 Å². The minimum Gasteiger partial charge on any atom is -0.351 e. The molecule has 1 aliphatic rings. The number of carbonyl (C=O) groups excluding carboxylic acids is 2. The van der Waals surface area contributed by atoms with Crippen LogP contribution >= 0.6 is 11.6 Å². The summed E-state index contributed by atoms with van der Waals surface area (Å²) in [6.45, 7) is 3.17. The fourth-order valence-electron chi connectivity index (χ4n) is 3.19. The Bertz CT molecular complexity index is 1040. The molecule has 166 valence electrons. The molecule has 1 heterocycles. The van der Waals surface area contributed by atoms with E-state index in [0.29, 0.717) is 10.7 Å². The topological polar surface area (TPSA) is 108 Å². The second kappa shape index (κ2) is 10.1. The summed E-state index contributed by atoms with van der Waals surface area (Å²) in [6, 6.07) is 11.7. The van der Waals surface area contributed by atoms with Gasteiger partial charge >= 0.3 is 6.03 Å². The Hall–Kier alpha value is -2.62. The molecule has 8 nitrogen and oxygen atoms in total. The van der Waals surface area contributed by atoms with E-state index >= 15 is 0 Å². The summed E-state index contributed by atoms with van der Waals surface area (Å²) in [4.78, 5) is 26.4. The lowest BCUT2D eigenvalue weighted by atomic mass is 10.2. The molecule has 0 spiro atoms. The van der Waals surface area contributed by atoms with Crippen LogP contribution in [0, 0.1) is 0 Å². The largest absolute Gasteiger partial charge is 0.351 e. The Balaban J connectivity index is 1.53. The van der Waals surface area contributed by atoms with Crippen LogP contribution in [-0.2, 0) is 21.4 Å². The van der Waals surface area contributed by atoms with Gasteiger partial charge in [-0.2, -0.15) is 4.72 Å². The van der Waals surface area contributed by atoms with Crippen molar-refractivity contribution in [1.82, 2.24) is 14.9 Å². The Labute approximate surface area is 187 Å². The van der Waals surface area contributed by atoms with E-state index in [1.165, 1.54) is 31.2 Å². The third kappa shape index (κ3) is 6.43. The summed E-state index contributed by atoms with van der Waals surface area (Å²) < 4.78 is 27.2. The number of hydrogen-bond donors (Lipinski definition) is 3. The number of nitrogens with one attached hydrogen (secondary N) is 3. The van der Waals surface area contributed by atoms with Crippen molar-refractivity contribution in [2.45, 2.75) is 37.2 Å². The maximum atomic E-state index is 12.4. The first-order valence-corrected chi connectivity index (χ1v) is 11.8.